The molecule has 2 aromatic carbocycles. The topological polar surface area (TPSA) is 93.7 Å². The Kier molecular flexibility index (Phi) is 7.14. The molecule has 0 aliphatic rings. The van der Waals surface area contributed by atoms with Gasteiger partial charge in [-0.1, -0.05) is 30.3 Å². The van der Waals surface area contributed by atoms with E-state index in [0.29, 0.717) is 17.0 Å². The molecule has 2 N–H and O–H groups in total. The lowest BCUT2D eigenvalue weighted by atomic mass is 10.1. The van der Waals surface area contributed by atoms with Crippen molar-refractivity contribution < 1.29 is 23.9 Å². The van der Waals surface area contributed by atoms with Crippen molar-refractivity contribution in [3.63, 3.8) is 0 Å². The van der Waals surface area contributed by atoms with Crippen LogP contribution in [0.4, 0.5) is 5.69 Å². The Morgan fingerprint density at radius 2 is 1.64 bits per heavy atom. The van der Waals surface area contributed by atoms with Crippen LogP contribution in [-0.4, -0.2) is 37.5 Å². The summed E-state index contributed by atoms with van der Waals surface area (Å²) in [6.45, 7) is 4.88. The van der Waals surface area contributed by atoms with E-state index < -0.39 is 23.9 Å². The number of ether oxygens (including phenoxy) is 2. The van der Waals surface area contributed by atoms with E-state index in [1.807, 2.05) is 32.0 Å². The number of carbonyl (C=O) groups excluding carboxylic acids is 3. The second-order valence-corrected chi connectivity index (χ2v) is 6.27. The highest BCUT2D eigenvalue weighted by Crippen LogP contribution is 2.20. The molecule has 2 aromatic rings. The van der Waals surface area contributed by atoms with Crippen LogP contribution in [0.25, 0.3) is 0 Å². The molecule has 0 aliphatic carbocycles. The van der Waals surface area contributed by atoms with Crippen molar-refractivity contribution in [1.82, 2.24) is 5.32 Å². The average molecular weight is 384 g/mol. The maximum absolute atomic E-state index is 12.3. The van der Waals surface area contributed by atoms with Crippen molar-refractivity contribution in [1.29, 1.82) is 0 Å². The average Bonchev–Trinajstić information content (AvgIpc) is 2.68. The number of esters is 1. The van der Waals surface area contributed by atoms with Crippen molar-refractivity contribution in [3.8, 4) is 5.75 Å². The van der Waals surface area contributed by atoms with Crippen LogP contribution in [0.1, 0.15) is 28.4 Å². The molecule has 0 aromatic heterocycles. The van der Waals surface area contributed by atoms with E-state index in [2.05, 4.69) is 10.6 Å². The molecule has 148 valence electrons. The molecular formula is C21H24N2O5. The van der Waals surface area contributed by atoms with Crippen LogP contribution in [0, 0.1) is 13.8 Å². The molecule has 0 heterocycles. The molecule has 0 saturated heterocycles. The van der Waals surface area contributed by atoms with Crippen molar-refractivity contribution >= 4 is 23.5 Å². The second-order valence-electron chi connectivity index (χ2n) is 6.27. The summed E-state index contributed by atoms with van der Waals surface area (Å²) < 4.78 is 10.2. The van der Waals surface area contributed by atoms with Crippen LogP contribution in [0.5, 0.6) is 5.75 Å². The summed E-state index contributed by atoms with van der Waals surface area (Å²) in [5.41, 5.74) is 2.82. The Balaban J connectivity index is 1.88. The van der Waals surface area contributed by atoms with Gasteiger partial charge in [0, 0.05) is 5.69 Å². The lowest BCUT2D eigenvalue weighted by molar-refractivity contribution is -0.152. The van der Waals surface area contributed by atoms with Gasteiger partial charge in [0.1, 0.15) is 12.3 Å². The Bertz CT molecular complexity index is 859. The van der Waals surface area contributed by atoms with Crippen molar-refractivity contribution in [3.05, 3.63) is 59.2 Å². The molecule has 7 heteroatoms. The van der Waals surface area contributed by atoms with Gasteiger partial charge in [0.15, 0.2) is 6.10 Å². The maximum atomic E-state index is 12.3. The molecule has 1 unspecified atom stereocenters. The zero-order valence-electron chi connectivity index (χ0n) is 16.4. The van der Waals surface area contributed by atoms with E-state index in [4.69, 9.17) is 9.47 Å². The number of hydrogen-bond donors (Lipinski definition) is 2. The number of nitrogens with one attached hydrogen (secondary N) is 2. The lowest BCUT2D eigenvalue weighted by Gasteiger charge is -2.16. The molecule has 2 amide bonds. The number of aryl methyl sites for hydroxylation is 2. The van der Waals surface area contributed by atoms with Crippen LogP contribution in [-0.2, 0) is 14.3 Å². The SMILES string of the molecule is COc1ccccc1C(=O)NCC(=O)OC(C)C(=O)Nc1c(C)cccc1C. The Morgan fingerprint density at radius 1 is 1.00 bits per heavy atom. The van der Waals surface area contributed by atoms with Crippen LogP contribution in [0.3, 0.4) is 0 Å². The number of hydrogen-bond acceptors (Lipinski definition) is 5. The summed E-state index contributed by atoms with van der Waals surface area (Å²) in [5.74, 6) is -1.23. The fourth-order valence-corrected chi connectivity index (χ4v) is 2.61. The van der Waals surface area contributed by atoms with Crippen molar-refractivity contribution in [2.24, 2.45) is 0 Å². The third-order valence-electron chi connectivity index (χ3n) is 4.15. The number of carbonyl (C=O) groups is 3. The standard InChI is InChI=1S/C21H24N2O5/c1-13-8-7-9-14(2)19(13)23-20(25)15(3)28-18(24)12-22-21(26)16-10-5-6-11-17(16)27-4/h5-11,15H,12H2,1-4H3,(H,22,26)(H,23,25). The first-order chi connectivity index (χ1) is 13.3. The molecule has 0 fully saturated rings. The highest BCUT2D eigenvalue weighted by molar-refractivity contribution is 5.99. The first-order valence-electron chi connectivity index (χ1n) is 8.81. The van der Waals surface area contributed by atoms with Crippen molar-refractivity contribution in [2.45, 2.75) is 26.9 Å². The van der Waals surface area contributed by atoms with Gasteiger partial charge in [0.2, 0.25) is 0 Å². The predicted octanol–water partition coefficient (Wildman–Crippen LogP) is 2.61. The largest absolute Gasteiger partial charge is 0.496 e. The zero-order valence-corrected chi connectivity index (χ0v) is 16.4. The predicted molar refractivity (Wildman–Crippen MR) is 105 cm³/mol. The first kappa shape index (κ1) is 21.0. The van der Waals surface area contributed by atoms with Gasteiger partial charge in [-0.3, -0.25) is 14.4 Å². The molecule has 0 spiro atoms. The van der Waals surface area contributed by atoms with Gasteiger partial charge in [-0.05, 0) is 44.0 Å². The van der Waals surface area contributed by atoms with Gasteiger partial charge in [-0.25, -0.2) is 0 Å². The van der Waals surface area contributed by atoms with E-state index >= 15 is 0 Å². The van der Waals surface area contributed by atoms with Crippen LogP contribution >= 0.6 is 0 Å². The van der Waals surface area contributed by atoms with E-state index in [-0.39, 0.29) is 6.54 Å². The van der Waals surface area contributed by atoms with Gasteiger partial charge in [-0.2, -0.15) is 0 Å². The highest BCUT2D eigenvalue weighted by atomic mass is 16.5. The summed E-state index contributed by atoms with van der Waals surface area (Å²) in [4.78, 5) is 36.5. The zero-order chi connectivity index (χ0) is 20.7. The number of methoxy groups -OCH3 is 1. The Morgan fingerprint density at radius 3 is 2.29 bits per heavy atom. The van der Waals surface area contributed by atoms with E-state index in [9.17, 15) is 14.4 Å². The van der Waals surface area contributed by atoms with Crippen LogP contribution in [0.2, 0.25) is 0 Å². The molecule has 2 rings (SSSR count). The first-order valence-corrected chi connectivity index (χ1v) is 8.81. The number of benzene rings is 2. The second kappa shape index (κ2) is 9.55. The number of amides is 2. The monoisotopic (exact) mass is 384 g/mol. The number of rotatable bonds is 7. The fraction of sp³-hybridized carbons (Fsp3) is 0.286. The van der Waals surface area contributed by atoms with Crippen LogP contribution < -0.4 is 15.4 Å². The van der Waals surface area contributed by atoms with Gasteiger partial charge in [-0.15, -0.1) is 0 Å². The molecule has 0 radical (unpaired) electrons. The molecule has 28 heavy (non-hydrogen) atoms. The van der Waals surface area contributed by atoms with Gasteiger partial charge >= 0.3 is 5.97 Å². The molecular weight excluding hydrogens is 360 g/mol. The van der Waals surface area contributed by atoms with E-state index in [0.717, 1.165) is 11.1 Å². The van der Waals surface area contributed by atoms with Gasteiger partial charge in [0.25, 0.3) is 11.8 Å². The molecule has 0 aliphatic heterocycles. The van der Waals surface area contributed by atoms with Gasteiger partial charge < -0.3 is 20.1 Å². The number of anilines is 1. The van der Waals surface area contributed by atoms with Gasteiger partial charge in [0.05, 0.1) is 12.7 Å². The minimum Gasteiger partial charge on any atom is -0.496 e. The smallest absolute Gasteiger partial charge is 0.326 e. The third kappa shape index (κ3) is 5.33. The third-order valence-corrected chi connectivity index (χ3v) is 4.15. The van der Waals surface area contributed by atoms with E-state index in [1.54, 1.807) is 24.3 Å². The summed E-state index contributed by atoms with van der Waals surface area (Å²) in [6.07, 6.45) is -1.00. The maximum Gasteiger partial charge on any atom is 0.326 e. The quantitative estimate of drug-likeness (QED) is 0.716. The van der Waals surface area contributed by atoms with Crippen LogP contribution in [0.15, 0.2) is 42.5 Å². The summed E-state index contributed by atoms with van der Waals surface area (Å²) in [6, 6.07) is 12.3. The summed E-state index contributed by atoms with van der Waals surface area (Å²) in [5, 5.41) is 5.23. The highest BCUT2D eigenvalue weighted by Gasteiger charge is 2.20. The molecule has 0 bridgehead atoms. The molecule has 0 saturated carbocycles. The summed E-state index contributed by atoms with van der Waals surface area (Å²) >= 11 is 0. The molecule has 7 nitrogen and oxygen atoms in total. The Labute approximate surface area is 164 Å². The molecule has 1 atom stereocenters. The normalized spacial score (nSPS) is 11.3. The van der Waals surface area contributed by atoms with E-state index in [1.165, 1.54) is 14.0 Å². The lowest BCUT2D eigenvalue weighted by Crippen LogP contribution is -2.36. The summed E-state index contributed by atoms with van der Waals surface area (Å²) in [7, 11) is 1.46. The number of para-hydroxylation sites is 2. The minimum atomic E-state index is -1.00. The fourth-order valence-electron chi connectivity index (χ4n) is 2.61. The minimum absolute atomic E-state index is 0.304. The van der Waals surface area contributed by atoms with Crippen molar-refractivity contribution in [2.75, 3.05) is 19.0 Å². The Hall–Kier alpha value is -3.35.